The fourth-order valence-electron chi connectivity index (χ4n) is 2.36. The normalized spacial score (nSPS) is 26.1. The first-order chi connectivity index (χ1) is 8.00. The Balaban J connectivity index is 2.09. The van der Waals surface area contributed by atoms with Crippen LogP contribution in [-0.4, -0.2) is 22.9 Å². The van der Waals surface area contributed by atoms with Gasteiger partial charge in [0.05, 0.1) is 6.04 Å². The second-order valence-electron chi connectivity index (χ2n) is 4.48. The molecule has 0 spiro atoms. The summed E-state index contributed by atoms with van der Waals surface area (Å²) in [5.74, 6) is 0. The largest absolute Gasteiger partial charge is 0.435 e. The third-order valence-corrected chi connectivity index (χ3v) is 3.33. The first-order valence-corrected chi connectivity index (χ1v) is 5.80. The van der Waals surface area contributed by atoms with Crippen molar-refractivity contribution in [2.24, 2.45) is 0 Å². The maximum atomic E-state index is 12.4. The zero-order valence-electron chi connectivity index (χ0n) is 9.67. The van der Waals surface area contributed by atoms with Crippen LogP contribution in [0.4, 0.5) is 13.2 Å². The van der Waals surface area contributed by atoms with Crippen molar-refractivity contribution in [2.75, 3.05) is 7.05 Å². The highest BCUT2D eigenvalue weighted by Gasteiger charge is 2.34. The van der Waals surface area contributed by atoms with Crippen LogP contribution in [0.15, 0.2) is 12.3 Å². The predicted molar refractivity (Wildman–Crippen MR) is 57.6 cm³/mol. The van der Waals surface area contributed by atoms with Gasteiger partial charge in [-0.15, -0.1) is 0 Å². The number of nitrogens with zero attached hydrogens (tertiary/aromatic N) is 2. The zero-order chi connectivity index (χ0) is 12.5. The molecule has 0 bridgehead atoms. The van der Waals surface area contributed by atoms with Crippen molar-refractivity contribution in [1.82, 2.24) is 15.1 Å². The van der Waals surface area contributed by atoms with Gasteiger partial charge in [-0.25, -0.2) is 0 Å². The summed E-state index contributed by atoms with van der Waals surface area (Å²) in [6.45, 7) is 0. The summed E-state index contributed by atoms with van der Waals surface area (Å²) in [4.78, 5) is 0. The van der Waals surface area contributed by atoms with Gasteiger partial charge in [0.15, 0.2) is 5.69 Å². The SMILES string of the molecule is CNC1CCCC(n2ccc(C(F)(F)F)n2)C1. The number of rotatable bonds is 2. The molecule has 2 unspecified atom stereocenters. The number of alkyl halides is 3. The maximum absolute atomic E-state index is 12.4. The molecule has 0 saturated heterocycles. The Bertz CT molecular complexity index is 372. The molecule has 17 heavy (non-hydrogen) atoms. The molecular formula is C11H16F3N3. The van der Waals surface area contributed by atoms with Crippen molar-refractivity contribution in [2.45, 2.75) is 43.9 Å². The summed E-state index contributed by atoms with van der Waals surface area (Å²) in [6, 6.07) is 1.51. The third kappa shape index (κ3) is 2.80. The average molecular weight is 247 g/mol. The Morgan fingerprint density at radius 2 is 2.18 bits per heavy atom. The topological polar surface area (TPSA) is 29.9 Å². The lowest BCUT2D eigenvalue weighted by molar-refractivity contribution is -0.141. The molecule has 1 aromatic heterocycles. The van der Waals surface area contributed by atoms with Gasteiger partial charge in [0, 0.05) is 12.2 Å². The van der Waals surface area contributed by atoms with E-state index < -0.39 is 11.9 Å². The van der Waals surface area contributed by atoms with E-state index in [0.717, 1.165) is 31.7 Å². The van der Waals surface area contributed by atoms with Gasteiger partial charge in [0.2, 0.25) is 0 Å². The van der Waals surface area contributed by atoms with E-state index in [1.54, 1.807) is 0 Å². The van der Waals surface area contributed by atoms with Crippen molar-refractivity contribution >= 4 is 0 Å². The number of halogens is 3. The van der Waals surface area contributed by atoms with E-state index in [0.29, 0.717) is 6.04 Å². The molecule has 1 aromatic rings. The summed E-state index contributed by atoms with van der Waals surface area (Å²) in [5, 5.41) is 6.82. The van der Waals surface area contributed by atoms with Crippen LogP contribution in [0.2, 0.25) is 0 Å². The molecule has 1 aliphatic rings. The lowest BCUT2D eigenvalue weighted by atomic mass is 9.91. The zero-order valence-corrected chi connectivity index (χ0v) is 9.67. The van der Waals surface area contributed by atoms with Crippen molar-refractivity contribution in [3.63, 3.8) is 0 Å². The van der Waals surface area contributed by atoms with E-state index >= 15 is 0 Å². The van der Waals surface area contributed by atoms with Gasteiger partial charge in [0.1, 0.15) is 0 Å². The summed E-state index contributed by atoms with van der Waals surface area (Å²) in [7, 11) is 1.89. The second kappa shape index (κ2) is 4.68. The minimum Gasteiger partial charge on any atom is -0.317 e. The summed E-state index contributed by atoms with van der Waals surface area (Å²) < 4.78 is 38.7. The van der Waals surface area contributed by atoms with Crippen LogP contribution >= 0.6 is 0 Å². The van der Waals surface area contributed by atoms with Crippen molar-refractivity contribution in [1.29, 1.82) is 0 Å². The Labute approximate surface area is 98.0 Å². The fourth-order valence-corrected chi connectivity index (χ4v) is 2.36. The third-order valence-electron chi connectivity index (χ3n) is 3.33. The molecule has 2 atom stereocenters. The van der Waals surface area contributed by atoms with Gasteiger partial charge in [-0.2, -0.15) is 18.3 Å². The molecule has 0 radical (unpaired) electrons. The quantitative estimate of drug-likeness (QED) is 0.870. The first kappa shape index (κ1) is 12.4. The number of hydrogen-bond acceptors (Lipinski definition) is 2. The molecule has 3 nitrogen and oxygen atoms in total. The molecule has 0 amide bonds. The van der Waals surface area contributed by atoms with Crippen molar-refractivity contribution in [3.05, 3.63) is 18.0 Å². The van der Waals surface area contributed by atoms with Crippen LogP contribution < -0.4 is 5.32 Å². The Hall–Kier alpha value is -1.04. The second-order valence-corrected chi connectivity index (χ2v) is 4.48. The van der Waals surface area contributed by atoms with E-state index in [4.69, 9.17) is 0 Å². The molecule has 0 aromatic carbocycles. The molecule has 1 fully saturated rings. The smallest absolute Gasteiger partial charge is 0.317 e. The number of hydrogen-bond donors (Lipinski definition) is 1. The minimum atomic E-state index is -4.34. The van der Waals surface area contributed by atoms with E-state index in [9.17, 15) is 13.2 Å². The molecule has 6 heteroatoms. The lowest BCUT2D eigenvalue weighted by Crippen LogP contribution is -2.32. The van der Waals surface area contributed by atoms with Gasteiger partial charge in [-0.1, -0.05) is 0 Å². The van der Waals surface area contributed by atoms with Crippen molar-refractivity contribution in [3.8, 4) is 0 Å². The maximum Gasteiger partial charge on any atom is 0.435 e. The first-order valence-electron chi connectivity index (χ1n) is 5.80. The Kier molecular flexibility index (Phi) is 3.42. The molecule has 1 aliphatic carbocycles. The highest BCUT2D eigenvalue weighted by Crippen LogP contribution is 2.31. The molecule has 1 N–H and O–H groups in total. The highest BCUT2D eigenvalue weighted by atomic mass is 19.4. The van der Waals surface area contributed by atoms with Crippen LogP contribution in [-0.2, 0) is 6.18 Å². The van der Waals surface area contributed by atoms with Gasteiger partial charge < -0.3 is 5.32 Å². The van der Waals surface area contributed by atoms with E-state index in [-0.39, 0.29) is 6.04 Å². The standard InChI is InChI=1S/C11H16F3N3/c1-15-8-3-2-4-9(7-8)17-6-5-10(16-17)11(12,13)14/h5-6,8-9,15H,2-4,7H2,1H3. The van der Waals surface area contributed by atoms with E-state index in [1.807, 2.05) is 7.05 Å². The van der Waals surface area contributed by atoms with Gasteiger partial charge in [-0.3, -0.25) is 4.68 Å². The van der Waals surface area contributed by atoms with Crippen LogP contribution in [0.3, 0.4) is 0 Å². The van der Waals surface area contributed by atoms with Crippen LogP contribution in [0.25, 0.3) is 0 Å². The van der Waals surface area contributed by atoms with Crippen LogP contribution in [0.1, 0.15) is 37.4 Å². The monoisotopic (exact) mass is 247 g/mol. The number of nitrogens with one attached hydrogen (secondary N) is 1. The minimum absolute atomic E-state index is 0.0808. The van der Waals surface area contributed by atoms with Crippen LogP contribution in [0, 0.1) is 0 Å². The van der Waals surface area contributed by atoms with Gasteiger partial charge in [-0.05, 0) is 38.8 Å². The Morgan fingerprint density at radius 3 is 2.76 bits per heavy atom. The predicted octanol–water partition coefficient (Wildman–Crippen LogP) is 2.61. The fraction of sp³-hybridized carbons (Fsp3) is 0.727. The molecule has 1 heterocycles. The number of aromatic nitrogens is 2. The summed E-state index contributed by atoms with van der Waals surface area (Å²) >= 11 is 0. The Morgan fingerprint density at radius 1 is 1.41 bits per heavy atom. The molecule has 1 saturated carbocycles. The van der Waals surface area contributed by atoms with Crippen molar-refractivity contribution < 1.29 is 13.2 Å². The van der Waals surface area contributed by atoms with Gasteiger partial charge in [0.25, 0.3) is 0 Å². The van der Waals surface area contributed by atoms with Crippen LogP contribution in [0.5, 0.6) is 0 Å². The highest BCUT2D eigenvalue weighted by molar-refractivity contribution is 5.04. The molecule has 0 aliphatic heterocycles. The molecular weight excluding hydrogens is 231 g/mol. The average Bonchev–Trinajstić information content (AvgIpc) is 2.78. The molecule has 96 valence electrons. The summed E-state index contributed by atoms with van der Waals surface area (Å²) in [6.07, 6.45) is 0.943. The molecule has 2 rings (SSSR count). The van der Waals surface area contributed by atoms with E-state index in [2.05, 4.69) is 10.4 Å². The summed E-state index contributed by atoms with van der Waals surface area (Å²) in [5.41, 5.74) is -0.802. The van der Waals surface area contributed by atoms with Gasteiger partial charge >= 0.3 is 6.18 Å². The van der Waals surface area contributed by atoms with E-state index in [1.165, 1.54) is 10.9 Å². The lowest BCUT2D eigenvalue weighted by Gasteiger charge is -2.29.